The largest absolute Gasteiger partial charge is 0.463 e. The quantitative estimate of drug-likeness (QED) is 0.510. The highest BCUT2D eigenvalue weighted by atomic mass is 127. The van der Waals surface area contributed by atoms with Gasteiger partial charge in [0, 0.05) is 0 Å². The number of halogens is 1. The molecule has 0 fully saturated rings. The highest BCUT2D eigenvalue weighted by Gasteiger charge is 2.33. The maximum absolute atomic E-state index is 11.8. The number of esters is 1. The summed E-state index contributed by atoms with van der Waals surface area (Å²) in [4.78, 5) is 11.8. The van der Waals surface area contributed by atoms with Crippen LogP contribution in [0, 0.1) is 6.92 Å². The van der Waals surface area contributed by atoms with Crippen molar-refractivity contribution in [3.05, 3.63) is 45.0 Å². The number of hydrogen-bond donors (Lipinski definition) is 1. The normalized spacial score (nSPS) is 15.1. The van der Waals surface area contributed by atoms with Gasteiger partial charge in [-0.3, -0.25) is 0 Å². The summed E-state index contributed by atoms with van der Waals surface area (Å²) in [6, 6.07) is 7.43. The first-order chi connectivity index (χ1) is 8.43. The zero-order valence-electron chi connectivity index (χ0n) is 10.7. The maximum atomic E-state index is 11.8. The Balaban J connectivity index is 3.10. The second-order valence-corrected chi connectivity index (χ2v) is 4.80. The van der Waals surface area contributed by atoms with E-state index in [0.29, 0.717) is 5.56 Å². The fraction of sp³-hybridized carbons (Fsp3) is 0.357. The van der Waals surface area contributed by atoms with Crippen molar-refractivity contribution in [2.24, 2.45) is 0 Å². The van der Waals surface area contributed by atoms with Crippen LogP contribution in [0.2, 0.25) is 0 Å². The van der Waals surface area contributed by atoms with Crippen LogP contribution in [0.1, 0.15) is 25.0 Å². The van der Waals surface area contributed by atoms with Crippen LogP contribution >= 0.6 is 22.6 Å². The number of carbonyl (C=O) groups excluding carboxylic acids is 1. The zero-order chi connectivity index (χ0) is 13.8. The van der Waals surface area contributed by atoms with Crippen molar-refractivity contribution in [1.29, 1.82) is 0 Å². The van der Waals surface area contributed by atoms with E-state index in [9.17, 15) is 9.90 Å². The number of aryl methyl sites for hydroxylation is 1. The summed E-state index contributed by atoms with van der Waals surface area (Å²) in [5, 5.41) is 10.6. The first-order valence-electron chi connectivity index (χ1n) is 5.71. The molecule has 0 aromatic heterocycles. The average Bonchev–Trinajstić information content (AvgIpc) is 2.30. The van der Waals surface area contributed by atoms with E-state index in [4.69, 9.17) is 4.74 Å². The molecule has 0 saturated carbocycles. The van der Waals surface area contributed by atoms with Gasteiger partial charge in [-0.15, -0.1) is 0 Å². The molecule has 0 spiro atoms. The number of hydrogen-bond acceptors (Lipinski definition) is 3. The molecule has 1 N–H and O–H groups in total. The molecular weight excluding hydrogens is 343 g/mol. The molecule has 0 bridgehead atoms. The van der Waals surface area contributed by atoms with Crippen LogP contribution in [0.3, 0.4) is 0 Å². The van der Waals surface area contributed by atoms with Crippen molar-refractivity contribution in [3.8, 4) is 0 Å². The predicted octanol–water partition coefficient (Wildman–Crippen LogP) is 3.08. The van der Waals surface area contributed by atoms with Crippen LogP contribution in [0.4, 0.5) is 0 Å². The highest BCUT2D eigenvalue weighted by molar-refractivity contribution is 14.1. The Morgan fingerprint density at radius 2 is 2.00 bits per heavy atom. The van der Waals surface area contributed by atoms with Gasteiger partial charge >= 0.3 is 5.97 Å². The lowest BCUT2D eigenvalue weighted by molar-refractivity contribution is -0.141. The van der Waals surface area contributed by atoms with E-state index in [1.54, 1.807) is 17.9 Å². The van der Waals surface area contributed by atoms with Gasteiger partial charge in [-0.2, -0.15) is 0 Å². The summed E-state index contributed by atoms with van der Waals surface area (Å²) in [6.45, 7) is 5.60. The third-order valence-corrected chi connectivity index (χ3v) is 3.37. The number of carbonyl (C=O) groups is 1. The molecule has 0 aliphatic carbocycles. The van der Waals surface area contributed by atoms with Crippen LogP contribution in [-0.4, -0.2) is 17.7 Å². The maximum Gasteiger partial charge on any atom is 0.337 e. The van der Waals surface area contributed by atoms with Crippen molar-refractivity contribution in [3.63, 3.8) is 0 Å². The van der Waals surface area contributed by atoms with Crippen molar-refractivity contribution < 1.29 is 14.6 Å². The Bertz CT molecular complexity index is 447. The van der Waals surface area contributed by atoms with Crippen LogP contribution < -0.4 is 0 Å². The molecule has 1 rings (SSSR count). The summed E-state index contributed by atoms with van der Waals surface area (Å²) < 4.78 is 6.52. The molecule has 1 unspecified atom stereocenters. The van der Waals surface area contributed by atoms with Gasteiger partial charge in [0.2, 0.25) is 0 Å². The molecule has 0 aliphatic heterocycles. The summed E-state index contributed by atoms with van der Waals surface area (Å²) in [6.07, 6.45) is 0. The first-order valence-corrected chi connectivity index (χ1v) is 6.95. The monoisotopic (exact) mass is 360 g/mol. The Morgan fingerprint density at radius 1 is 1.44 bits per heavy atom. The Kier molecular flexibility index (Phi) is 5.34. The fourth-order valence-electron chi connectivity index (χ4n) is 1.59. The molecule has 3 nitrogen and oxygen atoms in total. The molecule has 1 atom stereocenters. The van der Waals surface area contributed by atoms with Gasteiger partial charge in [-0.1, -0.05) is 52.4 Å². The summed E-state index contributed by atoms with van der Waals surface area (Å²) in [7, 11) is 0. The third-order valence-electron chi connectivity index (χ3n) is 2.74. The molecule has 18 heavy (non-hydrogen) atoms. The van der Waals surface area contributed by atoms with Gasteiger partial charge in [0.25, 0.3) is 0 Å². The summed E-state index contributed by atoms with van der Waals surface area (Å²) in [5.41, 5.74) is 0.671. The number of benzene rings is 1. The third kappa shape index (κ3) is 3.32. The van der Waals surface area contributed by atoms with E-state index in [-0.39, 0.29) is 12.2 Å². The molecule has 1 aromatic carbocycles. The zero-order valence-corrected chi connectivity index (χ0v) is 12.9. The molecule has 0 aliphatic rings. The lowest BCUT2D eigenvalue weighted by Crippen LogP contribution is -2.29. The average molecular weight is 360 g/mol. The summed E-state index contributed by atoms with van der Waals surface area (Å²) in [5.74, 6) is -0.488. The molecule has 0 radical (unpaired) electrons. The van der Waals surface area contributed by atoms with E-state index in [1.807, 2.05) is 53.8 Å². The van der Waals surface area contributed by atoms with E-state index < -0.39 is 11.6 Å². The SMILES string of the molecule is CCOC(=O)C(=CI)C(C)(O)c1ccc(C)cc1. The van der Waals surface area contributed by atoms with Crippen LogP contribution in [-0.2, 0) is 15.1 Å². The topological polar surface area (TPSA) is 46.5 Å². The second-order valence-electron chi connectivity index (χ2n) is 4.18. The van der Waals surface area contributed by atoms with Gasteiger partial charge in [0.15, 0.2) is 0 Å². The molecule has 98 valence electrons. The highest BCUT2D eigenvalue weighted by Crippen LogP contribution is 2.31. The first kappa shape index (κ1) is 15.2. The lowest BCUT2D eigenvalue weighted by Gasteiger charge is -2.25. The number of rotatable bonds is 4. The van der Waals surface area contributed by atoms with Gasteiger partial charge in [-0.05, 0) is 30.4 Å². The minimum absolute atomic E-state index is 0.244. The lowest BCUT2D eigenvalue weighted by atomic mass is 9.88. The van der Waals surface area contributed by atoms with Crippen molar-refractivity contribution in [2.75, 3.05) is 6.61 Å². The summed E-state index contributed by atoms with van der Waals surface area (Å²) >= 11 is 1.94. The van der Waals surface area contributed by atoms with Crippen LogP contribution in [0.15, 0.2) is 33.9 Å². The molecule has 4 heteroatoms. The minimum atomic E-state index is -1.35. The van der Waals surface area contributed by atoms with Gasteiger partial charge in [-0.25, -0.2) is 4.79 Å². The van der Waals surface area contributed by atoms with Gasteiger partial charge in [0.1, 0.15) is 5.60 Å². The minimum Gasteiger partial charge on any atom is -0.463 e. The van der Waals surface area contributed by atoms with Crippen molar-refractivity contribution >= 4 is 28.6 Å². The standard InChI is InChI=1S/C14H17IO3/c1-4-18-13(16)12(9-15)14(3,17)11-7-5-10(2)6-8-11/h5-9,17H,4H2,1-3H3. The van der Waals surface area contributed by atoms with Gasteiger partial charge < -0.3 is 9.84 Å². The fourth-order valence-corrected chi connectivity index (χ4v) is 2.45. The van der Waals surface area contributed by atoms with Crippen LogP contribution in [0.5, 0.6) is 0 Å². The number of aliphatic hydroxyl groups is 1. The molecule has 1 aromatic rings. The second kappa shape index (κ2) is 6.33. The van der Waals surface area contributed by atoms with E-state index in [0.717, 1.165) is 5.56 Å². The van der Waals surface area contributed by atoms with Gasteiger partial charge in [0.05, 0.1) is 12.2 Å². The Morgan fingerprint density at radius 3 is 2.44 bits per heavy atom. The van der Waals surface area contributed by atoms with Crippen LogP contribution in [0.25, 0.3) is 0 Å². The van der Waals surface area contributed by atoms with E-state index in [1.165, 1.54) is 0 Å². The predicted molar refractivity (Wildman–Crippen MR) is 79.5 cm³/mol. The smallest absolute Gasteiger partial charge is 0.337 e. The number of ether oxygens (including phenoxy) is 1. The Hall–Kier alpha value is -0.880. The molecule has 0 saturated heterocycles. The van der Waals surface area contributed by atoms with Crippen molar-refractivity contribution in [1.82, 2.24) is 0 Å². The molecule has 0 heterocycles. The van der Waals surface area contributed by atoms with Crippen molar-refractivity contribution in [2.45, 2.75) is 26.4 Å². The Labute approximate surface area is 121 Å². The molecule has 0 amide bonds. The molecular formula is C14H17IO3. The van der Waals surface area contributed by atoms with E-state index in [2.05, 4.69) is 0 Å². The van der Waals surface area contributed by atoms with E-state index >= 15 is 0 Å².